The van der Waals surface area contributed by atoms with E-state index < -0.39 is 6.10 Å². The van der Waals surface area contributed by atoms with Crippen LogP contribution in [0, 0.1) is 17.8 Å². The normalized spacial score (nSPS) is 27.5. The van der Waals surface area contributed by atoms with Gasteiger partial charge >= 0.3 is 5.97 Å². The van der Waals surface area contributed by atoms with Crippen molar-refractivity contribution in [3.05, 3.63) is 23.4 Å². The van der Waals surface area contributed by atoms with Crippen molar-refractivity contribution in [1.82, 2.24) is 4.98 Å². The number of rotatable bonds is 4. The SMILES string of the molecule is C[C@@H](OC(=O)[C@H]1C[C@H]2CC[C@H]1C2)C(=O)Nc1ccc(Cl)cn1. The Kier molecular flexibility index (Phi) is 4.34. The zero-order valence-corrected chi connectivity index (χ0v) is 13.2. The lowest BCUT2D eigenvalue weighted by molar-refractivity contribution is -0.158. The molecule has 0 aliphatic heterocycles. The minimum atomic E-state index is -0.830. The van der Waals surface area contributed by atoms with Crippen molar-refractivity contribution in [3.63, 3.8) is 0 Å². The fourth-order valence-electron chi connectivity index (χ4n) is 3.53. The topological polar surface area (TPSA) is 68.3 Å². The van der Waals surface area contributed by atoms with Crippen molar-refractivity contribution in [2.24, 2.45) is 17.8 Å². The second kappa shape index (κ2) is 6.24. The zero-order chi connectivity index (χ0) is 15.7. The molecule has 2 aliphatic carbocycles. The van der Waals surface area contributed by atoms with Crippen molar-refractivity contribution in [1.29, 1.82) is 0 Å². The molecule has 1 N–H and O–H groups in total. The number of carbonyl (C=O) groups is 2. The number of nitrogens with one attached hydrogen (secondary N) is 1. The van der Waals surface area contributed by atoms with Crippen LogP contribution in [-0.4, -0.2) is 23.0 Å². The summed E-state index contributed by atoms with van der Waals surface area (Å²) in [6, 6.07) is 3.24. The lowest BCUT2D eigenvalue weighted by atomic mass is 9.89. The molecule has 0 aromatic carbocycles. The van der Waals surface area contributed by atoms with Crippen LogP contribution in [0.25, 0.3) is 0 Å². The van der Waals surface area contributed by atoms with Crippen LogP contribution >= 0.6 is 11.6 Å². The smallest absolute Gasteiger partial charge is 0.309 e. The zero-order valence-electron chi connectivity index (χ0n) is 12.4. The minimum absolute atomic E-state index is 0.0253. The van der Waals surface area contributed by atoms with Crippen LogP contribution in [0.4, 0.5) is 5.82 Å². The molecule has 0 radical (unpaired) electrons. The summed E-state index contributed by atoms with van der Waals surface area (Å²) in [7, 11) is 0. The Balaban J connectivity index is 1.52. The van der Waals surface area contributed by atoms with Gasteiger partial charge in [0.1, 0.15) is 5.82 Å². The number of halogens is 1. The van der Waals surface area contributed by atoms with Crippen molar-refractivity contribution in [2.45, 2.75) is 38.7 Å². The highest BCUT2D eigenvalue weighted by atomic mass is 35.5. The molecule has 22 heavy (non-hydrogen) atoms. The molecule has 2 fully saturated rings. The molecule has 2 bridgehead atoms. The second-order valence-electron chi connectivity index (χ2n) is 6.21. The standard InChI is InChI=1S/C16H19ClN2O3/c1-9(15(20)19-14-5-4-12(17)8-18-14)22-16(21)13-7-10-2-3-11(13)6-10/h4-5,8-11,13H,2-3,6-7H2,1H3,(H,18,19,20)/t9-,10+,11+,13+/m1/s1. The molecule has 1 aromatic rings. The number of hydrogen-bond acceptors (Lipinski definition) is 4. The third-order valence-electron chi connectivity index (χ3n) is 4.68. The van der Waals surface area contributed by atoms with Gasteiger partial charge < -0.3 is 10.1 Å². The summed E-state index contributed by atoms with van der Waals surface area (Å²) in [4.78, 5) is 28.2. The fraction of sp³-hybridized carbons (Fsp3) is 0.562. The van der Waals surface area contributed by atoms with Gasteiger partial charge in [0.25, 0.3) is 5.91 Å². The molecule has 0 saturated heterocycles. The van der Waals surface area contributed by atoms with Gasteiger partial charge in [-0.05, 0) is 50.2 Å². The Labute approximate surface area is 134 Å². The van der Waals surface area contributed by atoms with E-state index in [-0.39, 0.29) is 17.8 Å². The maximum atomic E-state index is 12.2. The molecule has 118 valence electrons. The quantitative estimate of drug-likeness (QED) is 0.865. The van der Waals surface area contributed by atoms with E-state index in [9.17, 15) is 9.59 Å². The molecule has 3 rings (SSSR count). The Bertz CT molecular complexity index is 575. The van der Waals surface area contributed by atoms with Crippen LogP contribution < -0.4 is 5.32 Å². The Morgan fingerprint density at radius 1 is 1.36 bits per heavy atom. The number of amides is 1. The second-order valence-corrected chi connectivity index (χ2v) is 6.65. The van der Waals surface area contributed by atoms with Crippen molar-refractivity contribution >= 4 is 29.3 Å². The van der Waals surface area contributed by atoms with Gasteiger partial charge in [-0.1, -0.05) is 18.0 Å². The van der Waals surface area contributed by atoms with E-state index in [0.29, 0.717) is 22.7 Å². The van der Waals surface area contributed by atoms with Gasteiger partial charge in [0.05, 0.1) is 10.9 Å². The van der Waals surface area contributed by atoms with Crippen LogP contribution in [0.1, 0.15) is 32.6 Å². The Morgan fingerprint density at radius 3 is 2.77 bits per heavy atom. The lowest BCUT2D eigenvalue weighted by Crippen LogP contribution is -2.33. The first-order valence-corrected chi connectivity index (χ1v) is 8.03. The molecule has 2 saturated carbocycles. The third-order valence-corrected chi connectivity index (χ3v) is 4.91. The third kappa shape index (κ3) is 3.24. The maximum absolute atomic E-state index is 12.2. The summed E-state index contributed by atoms with van der Waals surface area (Å²) >= 11 is 5.74. The number of ether oxygens (including phenoxy) is 1. The number of carbonyl (C=O) groups excluding carboxylic acids is 2. The summed E-state index contributed by atoms with van der Waals surface area (Å²) < 4.78 is 5.34. The molecule has 4 atom stereocenters. The predicted octanol–water partition coefficient (Wildman–Crippen LogP) is 3.04. The van der Waals surface area contributed by atoms with Gasteiger partial charge in [0, 0.05) is 6.20 Å². The van der Waals surface area contributed by atoms with Crippen molar-refractivity contribution in [3.8, 4) is 0 Å². The number of hydrogen-bond donors (Lipinski definition) is 1. The maximum Gasteiger partial charge on any atom is 0.309 e. The van der Waals surface area contributed by atoms with Gasteiger partial charge in [-0.3, -0.25) is 9.59 Å². The number of fused-ring (bicyclic) bond motifs is 2. The Morgan fingerprint density at radius 2 is 2.18 bits per heavy atom. The summed E-state index contributed by atoms with van der Waals surface area (Å²) in [6.45, 7) is 1.58. The van der Waals surface area contributed by atoms with E-state index in [1.54, 1.807) is 19.1 Å². The molecule has 1 amide bonds. The summed E-state index contributed by atoms with van der Waals surface area (Å²) in [5, 5.41) is 3.11. The minimum Gasteiger partial charge on any atom is -0.452 e. The van der Waals surface area contributed by atoms with Gasteiger partial charge in [-0.2, -0.15) is 0 Å². The average molecular weight is 323 g/mol. The number of pyridine rings is 1. The summed E-state index contributed by atoms with van der Waals surface area (Å²) in [6.07, 6.45) is 5.00. The lowest BCUT2D eigenvalue weighted by Gasteiger charge is -2.22. The molecule has 2 aliphatic rings. The average Bonchev–Trinajstić information content (AvgIpc) is 3.12. The molecule has 5 nitrogen and oxygen atoms in total. The van der Waals surface area contributed by atoms with Crippen LogP contribution in [0.15, 0.2) is 18.3 Å². The highest BCUT2D eigenvalue weighted by Crippen LogP contribution is 2.48. The van der Waals surface area contributed by atoms with Gasteiger partial charge in [0.2, 0.25) is 0 Å². The summed E-state index contributed by atoms with van der Waals surface area (Å²) in [5.41, 5.74) is 0. The van der Waals surface area contributed by atoms with Crippen molar-refractivity contribution < 1.29 is 14.3 Å². The van der Waals surface area contributed by atoms with E-state index in [0.717, 1.165) is 19.3 Å². The monoisotopic (exact) mass is 322 g/mol. The van der Waals surface area contributed by atoms with E-state index in [2.05, 4.69) is 10.3 Å². The van der Waals surface area contributed by atoms with Gasteiger partial charge in [-0.25, -0.2) is 4.98 Å². The van der Waals surface area contributed by atoms with Crippen LogP contribution in [0.5, 0.6) is 0 Å². The summed E-state index contributed by atoms with van der Waals surface area (Å²) in [5.74, 6) is 0.862. The largest absolute Gasteiger partial charge is 0.452 e. The first kappa shape index (κ1) is 15.3. The van der Waals surface area contributed by atoms with E-state index in [4.69, 9.17) is 16.3 Å². The first-order valence-electron chi connectivity index (χ1n) is 7.66. The fourth-order valence-corrected chi connectivity index (χ4v) is 3.64. The number of aromatic nitrogens is 1. The molecule has 0 unspecified atom stereocenters. The van der Waals surface area contributed by atoms with Gasteiger partial charge in [0.15, 0.2) is 6.10 Å². The first-order chi connectivity index (χ1) is 10.5. The predicted molar refractivity (Wildman–Crippen MR) is 82.4 cm³/mol. The highest BCUT2D eigenvalue weighted by molar-refractivity contribution is 6.30. The Hall–Kier alpha value is -1.62. The molecule has 6 heteroatoms. The number of anilines is 1. The van der Waals surface area contributed by atoms with E-state index in [1.807, 2.05) is 0 Å². The highest BCUT2D eigenvalue weighted by Gasteiger charge is 2.44. The molecule has 0 spiro atoms. The molecular formula is C16H19ClN2O3. The molecular weight excluding hydrogens is 304 g/mol. The number of esters is 1. The van der Waals surface area contributed by atoms with Crippen LogP contribution in [0.3, 0.4) is 0 Å². The van der Waals surface area contributed by atoms with E-state index in [1.165, 1.54) is 12.6 Å². The van der Waals surface area contributed by atoms with Crippen molar-refractivity contribution in [2.75, 3.05) is 5.32 Å². The number of nitrogens with zero attached hydrogens (tertiary/aromatic N) is 1. The van der Waals surface area contributed by atoms with Crippen LogP contribution in [-0.2, 0) is 14.3 Å². The molecule has 1 heterocycles. The van der Waals surface area contributed by atoms with E-state index >= 15 is 0 Å². The van der Waals surface area contributed by atoms with Gasteiger partial charge in [-0.15, -0.1) is 0 Å². The van der Waals surface area contributed by atoms with Crippen LogP contribution in [0.2, 0.25) is 5.02 Å². The molecule has 1 aromatic heterocycles.